The number of benzene rings is 2. The number of halogens is 1. The van der Waals surface area contributed by atoms with Crippen molar-refractivity contribution in [3.63, 3.8) is 0 Å². The zero-order chi connectivity index (χ0) is 21.5. The normalized spacial score (nSPS) is 11.6. The molecule has 3 rings (SSSR count). The first-order valence-corrected chi connectivity index (χ1v) is 10.2. The Morgan fingerprint density at radius 1 is 1.00 bits per heavy atom. The lowest BCUT2D eigenvalue weighted by Crippen LogP contribution is -2.33. The average Bonchev–Trinajstić information content (AvgIpc) is 3.25. The number of amides is 1. The Hall–Kier alpha value is -3.19. The van der Waals surface area contributed by atoms with Crippen LogP contribution in [0.1, 0.15) is 27.6 Å². The quantitative estimate of drug-likeness (QED) is 0.544. The van der Waals surface area contributed by atoms with Gasteiger partial charge in [0.25, 0.3) is 5.91 Å². The molecule has 0 aliphatic heterocycles. The van der Waals surface area contributed by atoms with Crippen LogP contribution >= 0.6 is 11.3 Å². The molecule has 30 heavy (non-hydrogen) atoms. The number of carbonyl (C=O) groups is 2. The Balaban J connectivity index is 1.55. The fourth-order valence-electron chi connectivity index (χ4n) is 2.98. The van der Waals surface area contributed by atoms with Crippen LogP contribution < -0.4 is 10.1 Å². The van der Waals surface area contributed by atoms with E-state index >= 15 is 0 Å². The fourth-order valence-corrected chi connectivity index (χ4v) is 3.78. The highest BCUT2D eigenvalue weighted by atomic mass is 32.1. The summed E-state index contributed by atoms with van der Waals surface area (Å²) < 4.78 is 23.8. The van der Waals surface area contributed by atoms with Gasteiger partial charge >= 0.3 is 5.97 Å². The molecule has 0 bridgehead atoms. The number of para-hydroxylation sites is 1. The summed E-state index contributed by atoms with van der Waals surface area (Å²) in [7, 11) is 0. The number of rotatable bonds is 8. The number of hydrogen-bond acceptors (Lipinski definition) is 5. The highest BCUT2D eigenvalue weighted by molar-refractivity contribution is 7.10. The number of hydrogen-bond donors (Lipinski definition) is 1. The molecule has 0 spiro atoms. The van der Waals surface area contributed by atoms with Crippen molar-refractivity contribution in [3.05, 3.63) is 87.4 Å². The molecule has 1 unspecified atom stereocenters. The van der Waals surface area contributed by atoms with Crippen LogP contribution in [-0.4, -0.2) is 25.1 Å². The lowest BCUT2D eigenvalue weighted by molar-refractivity contribution is -0.150. The Morgan fingerprint density at radius 3 is 2.33 bits per heavy atom. The topological polar surface area (TPSA) is 64.6 Å². The maximum atomic E-state index is 13.3. The Labute approximate surface area is 178 Å². The predicted octanol–water partition coefficient (Wildman–Crippen LogP) is 4.33. The zero-order valence-corrected chi connectivity index (χ0v) is 17.5. The van der Waals surface area contributed by atoms with Gasteiger partial charge < -0.3 is 14.8 Å². The minimum Gasteiger partial charge on any atom is -0.481 e. The molecule has 3 aromatic rings. The highest BCUT2D eigenvalue weighted by Crippen LogP contribution is 2.26. The van der Waals surface area contributed by atoms with Crippen LogP contribution in [0, 0.1) is 19.7 Å². The highest BCUT2D eigenvalue weighted by Gasteiger charge is 2.19. The molecule has 0 radical (unpaired) electrons. The largest absolute Gasteiger partial charge is 0.481 e. The Bertz CT molecular complexity index is 982. The van der Waals surface area contributed by atoms with Crippen LogP contribution in [0.2, 0.25) is 0 Å². The lowest BCUT2D eigenvalue weighted by atomic mass is 10.1. The van der Waals surface area contributed by atoms with Crippen molar-refractivity contribution in [2.75, 3.05) is 13.2 Å². The number of aryl methyl sites for hydroxylation is 2. The molecule has 1 aromatic heterocycles. The summed E-state index contributed by atoms with van der Waals surface area (Å²) in [5.41, 5.74) is 2.56. The Morgan fingerprint density at radius 2 is 1.70 bits per heavy atom. The van der Waals surface area contributed by atoms with E-state index in [-0.39, 0.29) is 12.4 Å². The molecule has 2 aromatic carbocycles. The molecule has 7 heteroatoms. The predicted molar refractivity (Wildman–Crippen MR) is 113 cm³/mol. The molecule has 0 saturated carbocycles. The van der Waals surface area contributed by atoms with Gasteiger partial charge in [-0.15, -0.1) is 11.3 Å². The molecule has 1 N–H and O–H groups in total. The number of ether oxygens (including phenoxy) is 2. The molecule has 0 aliphatic rings. The van der Waals surface area contributed by atoms with Gasteiger partial charge in [-0.3, -0.25) is 4.79 Å². The van der Waals surface area contributed by atoms with E-state index in [4.69, 9.17) is 9.47 Å². The third-order valence-electron chi connectivity index (χ3n) is 4.44. The molecule has 1 amide bonds. The summed E-state index contributed by atoms with van der Waals surface area (Å²) in [6.07, 6.45) is 0. The lowest BCUT2D eigenvalue weighted by Gasteiger charge is -2.18. The maximum absolute atomic E-state index is 13.3. The molecule has 1 atom stereocenters. The number of nitrogens with one attached hydrogen (secondary N) is 1. The van der Waals surface area contributed by atoms with Crippen LogP contribution in [0.3, 0.4) is 0 Å². The standard InChI is InChI=1S/C23H22FNO4S/c1-15-5-3-6-16(2)23(15)29-14-21(27)28-13-20(26)25-22(19-7-4-12-30-19)17-8-10-18(24)11-9-17/h3-12,22H,13-14H2,1-2H3,(H,25,26). The third kappa shape index (κ3) is 5.67. The average molecular weight is 427 g/mol. The smallest absolute Gasteiger partial charge is 0.344 e. The molecular weight excluding hydrogens is 405 g/mol. The van der Waals surface area contributed by atoms with Crippen molar-refractivity contribution in [3.8, 4) is 5.75 Å². The number of esters is 1. The van der Waals surface area contributed by atoms with Crippen molar-refractivity contribution in [2.24, 2.45) is 0 Å². The zero-order valence-electron chi connectivity index (χ0n) is 16.7. The van der Waals surface area contributed by atoms with Crippen molar-refractivity contribution in [1.29, 1.82) is 0 Å². The van der Waals surface area contributed by atoms with E-state index in [0.717, 1.165) is 21.6 Å². The van der Waals surface area contributed by atoms with Crippen LogP contribution in [-0.2, 0) is 14.3 Å². The second kappa shape index (κ2) is 10.0. The second-order valence-corrected chi connectivity index (χ2v) is 7.72. The molecule has 5 nitrogen and oxygen atoms in total. The minimum absolute atomic E-state index is 0.286. The van der Waals surface area contributed by atoms with Gasteiger partial charge in [0.05, 0.1) is 6.04 Å². The van der Waals surface area contributed by atoms with Crippen molar-refractivity contribution in [1.82, 2.24) is 5.32 Å². The van der Waals surface area contributed by atoms with Gasteiger partial charge in [0.15, 0.2) is 13.2 Å². The molecule has 1 heterocycles. The van der Waals surface area contributed by atoms with Gasteiger partial charge in [-0.1, -0.05) is 36.4 Å². The summed E-state index contributed by atoms with van der Waals surface area (Å²) in [6.45, 7) is 3.06. The van der Waals surface area contributed by atoms with E-state index in [2.05, 4.69) is 5.32 Å². The van der Waals surface area contributed by atoms with Crippen molar-refractivity contribution in [2.45, 2.75) is 19.9 Å². The van der Waals surface area contributed by atoms with E-state index in [9.17, 15) is 14.0 Å². The van der Waals surface area contributed by atoms with Crippen molar-refractivity contribution < 1.29 is 23.5 Å². The number of thiophene rings is 1. The fraction of sp³-hybridized carbons (Fsp3) is 0.217. The van der Waals surface area contributed by atoms with Gasteiger partial charge in [0.2, 0.25) is 0 Å². The molecule has 0 fully saturated rings. The minimum atomic E-state index is -0.637. The third-order valence-corrected chi connectivity index (χ3v) is 5.38. The molecule has 0 aliphatic carbocycles. The van der Waals surface area contributed by atoms with E-state index in [1.807, 2.05) is 49.6 Å². The van der Waals surface area contributed by atoms with Gasteiger partial charge in [-0.25, -0.2) is 9.18 Å². The summed E-state index contributed by atoms with van der Waals surface area (Å²) in [4.78, 5) is 25.3. The van der Waals surface area contributed by atoms with Gasteiger partial charge in [-0.2, -0.15) is 0 Å². The van der Waals surface area contributed by atoms with Crippen LogP contribution in [0.15, 0.2) is 60.0 Å². The van der Waals surface area contributed by atoms with Crippen molar-refractivity contribution >= 4 is 23.2 Å². The van der Waals surface area contributed by atoms with Crippen LogP contribution in [0.25, 0.3) is 0 Å². The van der Waals surface area contributed by atoms with Crippen LogP contribution in [0.5, 0.6) is 5.75 Å². The Kier molecular flexibility index (Phi) is 7.19. The molecule has 156 valence electrons. The SMILES string of the molecule is Cc1cccc(C)c1OCC(=O)OCC(=O)NC(c1ccc(F)cc1)c1cccs1. The summed E-state index contributed by atoms with van der Waals surface area (Å²) in [5.74, 6) is -0.818. The van der Waals surface area contributed by atoms with Gasteiger partial charge in [-0.05, 0) is 54.1 Å². The summed E-state index contributed by atoms with van der Waals surface area (Å²) in [6, 6.07) is 14.9. The number of carbonyl (C=O) groups excluding carboxylic acids is 2. The maximum Gasteiger partial charge on any atom is 0.344 e. The first kappa shape index (κ1) is 21.5. The van der Waals surface area contributed by atoms with E-state index in [0.29, 0.717) is 5.75 Å². The summed E-state index contributed by atoms with van der Waals surface area (Å²) in [5, 5.41) is 4.73. The van der Waals surface area contributed by atoms with E-state index in [1.54, 1.807) is 12.1 Å². The van der Waals surface area contributed by atoms with Crippen LogP contribution in [0.4, 0.5) is 4.39 Å². The van der Waals surface area contributed by atoms with Gasteiger partial charge in [0.1, 0.15) is 11.6 Å². The monoisotopic (exact) mass is 427 g/mol. The molecule has 0 saturated heterocycles. The first-order valence-electron chi connectivity index (χ1n) is 9.37. The van der Waals surface area contributed by atoms with Gasteiger partial charge in [0, 0.05) is 4.88 Å². The summed E-state index contributed by atoms with van der Waals surface area (Å²) >= 11 is 1.47. The van der Waals surface area contributed by atoms with E-state index in [1.165, 1.54) is 23.5 Å². The second-order valence-electron chi connectivity index (χ2n) is 6.74. The molecular formula is C23H22FNO4S. The first-order chi connectivity index (χ1) is 14.4. The van der Waals surface area contributed by atoms with E-state index < -0.39 is 24.5 Å².